The van der Waals surface area contributed by atoms with Crippen molar-refractivity contribution in [3.05, 3.63) is 0 Å². The topological polar surface area (TPSA) is 66.8 Å². The normalized spacial score (nSPS) is 28.6. The van der Waals surface area contributed by atoms with Gasteiger partial charge in [-0.25, -0.2) is 4.79 Å². The van der Waals surface area contributed by atoms with Crippen molar-refractivity contribution < 1.29 is 19.4 Å². The lowest BCUT2D eigenvalue weighted by Crippen LogP contribution is -2.43. The molecule has 5 nitrogen and oxygen atoms in total. The fourth-order valence-electron chi connectivity index (χ4n) is 3.21. The minimum atomic E-state index is -0.940. The molecule has 0 bridgehead atoms. The lowest BCUT2D eigenvalue weighted by molar-refractivity contribution is -0.149. The Morgan fingerprint density at radius 1 is 1.29 bits per heavy atom. The first-order chi connectivity index (χ1) is 10.0. The maximum absolute atomic E-state index is 12.3. The van der Waals surface area contributed by atoms with Crippen molar-refractivity contribution in [2.45, 2.75) is 63.7 Å². The largest absolute Gasteiger partial charge is 0.480 e. The molecule has 1 N–H and O–H groups in total. The number of carboxylic acids is 1. The Balaban J connectivity index is 1.97. The quantitative estimate of drug-likeness (QED) is 0.761. The summed E-state index contributed by atoms with van der Waals surface area (Å²) < 4.78 is 6.05. The predicted molar refractivity (Wildman–Crippen MR) is 82.5 cm³/mol. The molecule has 1 aliphatic carbocycles. The van der Waals surface area contributed by atoms with E-state index < -0.39 is 12.0 Å². The van der Waals surface area contributed by atoms with E-state index in [1.807, 2.05) is 0 Å². The molecule has 0 aromatic rings. The lowest BCUT2D eigenvalue weighted by Gasteiger charge is -2.26. The van der Waals surface area contributed by atoms with Crippen LogP contribution in [0.4, 0.5) is 0 Å². The zero-order valence-electron chi connectivity index (χ0n) is 12.5. The summed E-state index contributed by atoms with van der Waals surface area (Å²) in [7, 11) is 0. The summed E-state index contributed by atoms with van der Waals surface area (Å²) in [6, 6.07) is -0.756. The highest BCUT2D eigenvalue weighted by atomic mass is 32.1. The average molecular weight is 315 g/mol. The van der Waals surface area contributed by atoms with E-state index in [-0.39, 0.29) is 24.0 Å². The number of amides is 1. The molecule has 2 aliphatic rings. The highest BCUT2D eigenvalue weighted by molar-refractivity contribution is 7.80. The Labute approximate surface area is 131 Å². The van der Waals surface area contributed by atoms with Crippen molar-refractivity contribution in [2.24, 2.45) is 5.92 Å². The van der Waals surface area contributed by atoms with Gasteiger partial charge >= 0.3 is 5.97 Å². The molecule has 3 atom stereocenters. The summed E-state index contributed by atoms with van der Waals surface area (Å²) in [6.07, 6.45) is 6.20. The Hall–Kier alpha value is -0.750. The molecule has 1 heterocycles. The van der Waals surface area contributed by atoms with Gasteiger partial charge in [-0.05, 0) is 12.8 Å². The van der Waals surface area contributed by atoms with Crippen LogP contribution >= 0.6 is 12.6 Å². The highest BCUT2D eigenvalue weighted by Gasteiger charge is 2.41. The highest BCUT2D eigenvalue weighted by Crippen LogP contribution is 2.28. The van der Waals surface area contributed by atoms with Crippen molar-refractivity contribution in [3.8, 4) is 0 Å². The fraction of sp³-hybridized carbons (Fsp3) is 0.867. The van der Waals surface area contributed by atoms with Crippen molar-refractivity contribution in [3.63, 3.8) is 0 Å². The van der Waals surface area contributed by atoms with Crippen LogP contribution in [0.1, 0.15) is 45.4 Å². The van der Waals surface area contributed by atoms with Crippen molar-refractivity contribution in [1.29, 1.82) is 0 Å². The number of ether oxygens (including phenoxy) is 1. The van der Waals surface area contributed by atoms with E-state index in [0.717, 1.165) is 12.8 Å². The first-order valence-electron chi connectivity index (χ1n) is 7.82. The second kappa shape index (κ2) is 7.49. The third kappa shape index (κ3) is 4.13. The van der Waals surface area contributed by atoms with E-state index in [9.17, 15) is 14.7 Å². The van der Waals surface area contributed by atoms with E-state index in [2.05, 4.69) is 12.6 Å². The molecule has 120 valence electrons. The second-order valence-corrected chi connectivity index (χ2v) is 6.55. The standard InChI is InChI=1S/C15H25NO4S/c1-10(9-21)14(17)16-8-12(7-13(16)15(18)19)20-11-5-3-2-4-6-11/h10-13,21H,2-9H2,1H3,(H,18,19)/t10?,12-,13-/m0/s1. The Morgan fingerprint density at radius 3 is 2.52 bits per heavy atom. The van der Waals surface area contributed by atoms with Crippen molar-refractivity contribution in [2.75, 3.05) is 12.3 Å². The van der Waals surface area contributed by atoms with Crippen LogP contribution < -0.4 is 0 Å². The summed E-state index contributed by atoms with van der Waals surface area (Å²) in [4.78, 5) is 25.2. The molecule has 1 unspecified atom stereocenters. The molecule has 6 heteroatoms. The van der Waals surface area contributed by atoms with Gasteiger partial charge in [0.05, 0.1) is 12.2 Å². The van der Waals surface area contributed by atoms with E-state index in [0.29, 0.717) is 18.7 Å². The van der Waals surface area contributed by atoms with Gasteiger partial charge in [-0.2, -0.15) is 12.6 Å². The third-order valence-corrected chi connectivity index (χ3v) is 5.01. The predicted octanol–water partition coefficient (Wildman–Crippen LogP) is 1.96. The Kier molecular flexibility index (Phi) is 5.93. The second-order valence-electron chi connectivity index (χ2n) is 6.18. The van der Waals surface area contributed by atoms with Crippen LogP contribution in [0.5, 0.6) is 0 Å². The van der Waals surface area contributed by atoms with Gasteiger partial charge in [-0.3, -0.25) is 4.79 Å². The number of carboxylic acid groups (broad SMARTS) is 1. The third-order valence-electron chi connectivity index (χ3n) is 4.46. The number of carbonyl (C=O) groups excluding carboxylic acids is 1. The van der Waals surface area contributed by atoms with E-state index in [1.165, 1.54) is 24.2 Å². The molecule has 21 heavy (non-hydrogen) atoms. The number of aliphatic carboxylic acids is 1. The van der Waals surface area contributed by atoms with Crippen LogP contribution in [0.25, 0.3) is 0 Å². The minimum Gasteiger partial charge on any atom is -0.480 e. The number of likely N-dealkylation sites (tertiary alicyclic amines) is 1. The molecule has 2 rings (SSSR count). The van der Waals surface area contributed by atoms with Gasteiger partial charge in [0, 0.05) is 24.6 Å². The molecular formula is C15H25NO4S. The minimum absolute atomic E-state index is 0.132. The monoisotopic (exact) mass is 315 g/mol. The van der Waals surface area contributed by atoms with Gasteiger partial charge in [-0.15, -0.1) is 0 Å². The molecule has 0 spiro atoms. The average Bonchev–Trinajstić information content (AvgIpc) is 2.90. The molecule has 2 fully saturated rings. The van der Waals surface area contributed by atoms with Crippen LogP contribution in [0.3, 0.4) is 0 Å². The Bertz CT molecular complexity index is 384. The zero-order chi connectivity index (χ0) is 15.4. The van der Waals surface area contributed by atoms with Gasteiger partial charge in [0.1, 0.15) is 6.04 Å². The molecule has 1 saturated heterocycles. The summed E-state index contributed by atoms with van der Waals surface area (Å²) in [5.41, 5.74) is 0. The molecule has 1 saturated carbocycles. The zero-order valence-corrected chi connectivity index (χ0v) is 13.4. The van der Waals surface area contributed by atoms with Crippen LogP contribution in [0.2, 0.25) is 0 Å². The molecule has 1 amide bonds. The van der Waals surface area contributed by atoms with E-state index in [1.54, 1.807) is 6.92 Å². The number of hydrogen-bond donors (Lipinski definition) is 2. The first-order valence-corrected chi connectivity index (χ1v) is 8.45. The SMILES string of the molecule is CC(CS)C(=O)N1C[C@@H](OC2CCCCC2)C[C@H]1C(=O)O. The number of carbonyl (C=O) groups is 2. The summed E-state index contributed by atoms with van der Waals surface area (Å²) in [6.45, 7) is 2.17. The molecule has 0 radical (unpaired) electrons. The number of nitrogens with zero attached hydrogens (tertiary/aromatic N) is 1. The number of hydrogen-bond acceptors (Lipinski definition) is 4. The smallest absolute Gasteiger partial charge is 0.326 e. The molecule has 0 aromatic carbocycles. The van der Waals surface area contributed by atoms with Crippen molar-refractivity contribution in [1.82, 2.24) is 4.90 Å². The summed E-state index contributed by atoms with van der Waals surface area (Å²) in [5.74, 6) is -0.907. The summed E-state index contributed by atoms with van der Waals surface area (Å²) >= 11 is 4.13. The molecular weight excluding hydrogens is 290 g/mol. The lowest BCUT2D eigenvalue weighted by atomic mass is 9.97. The summed E-state index contributed by atoms with van der Waals surface area (Å²) in [5, 5.41) is 9.34. The number of rotatable bonds is 5. The van der Waals surface area contributed by atoms with Crippen LogP contribution in [-0.2, 0) is 14.3 Å². The maximum Gasteiger partial charge on any atom is 0.326 e. The van der Waals surface area contributed by atoms with Crippen LogP contribution in [0, 0.1) is 5.92 Å². The van der Waals surface area contributed by atoms with Gasteiger partial charge in [-0.1, -0.05) is 26.2 Å². The van der Waals surface area contributed by atoms with Gasteiger partial charge in [0.25, 0.3) is 0 Å². The molecule has 1 aliphatic heterocycles. The molecule has 0 aromatic heterocycles. The van der Waals surface area contributed by atoms with Crippen LogP contribution in [-0.4, -0.2) is 52.4 Å². The Morgan fingerprint density at radius 2 is 1.95 bits per heavy atom. The van der Waals surface area contributed by atoms with Gasteiger partial charge in [0.2, 0.25) is 5.91 Å². The van der Waals surface area contributed by atoms with E-state index in [4.69, 9.17) is 4.74 Å². The first kappa shape index (κ1) is 16.6. The maximum atomic E-state index is 12.3. The number of thiol groups is 1. The van der Waals surface area contributed by atoms with Crippen LogP contribution in [0.15, 0.2) is 0 Å². The fourth-order valence-corrected chi connectivity index (χ4v) is 3.36. The van der Waals surface area contributed by atoms with Gasteiger partial charge in [0.15, 0.2) is 0 Å². The van der Waals surface area contributed by atoms with Crippen molar-refractivity contribution >= 4 is 24.5 Å². The van der Waals surface area contributed by atoms with Gasteiger partial charge < -0.3 is 14.7 Å². The van der Waals surface area contributed by atoms with E-state index >= 15 is 0 Å².